The van der Waals surface area contributed by atoms with E-state index in [0.717, 1.165) is 19.3 Å². The number of hydrogen-bond donors (Lipinski definition) is 2. The van der Waals surface area contributed by atoms with Crippen LogP contribution >= 0.6 is 17.1 Å². The Morgan fingerprint density at radius 1 is 1.35 bits per heavy atom. The van der Waals surface area contributed by atoms with Crippen molar-refractivity contribution in [3.05, 3.63) is 24.8 Å². The second-order valence-electron chi connectivity index (χ2n) is 13.0. The molecule has 3 aliphatic rings. The fourth-order valence-electron chi connectivity index (χ4n) is 5.38. The van der Waals surface area contributed by atoms with Crippen LogP contribution in [-0.2, 0) is 30.0 Å². The standard InChI is InChI=1S/C26H41N4O6PS2Si/c1-15(2)16-9-10-26(6)18(11-16)35-37(38,39-26)33-12-17-21(36-40(7,8)25(3,4)5)20(31)24(34-17)30-14-29-19-22(30)27-13-28-23(19)32/h13-14,16-18,20-21,24,31H,1,9-12H2,2-8H3,(H,27,28,32)/t16-,17-,18+,20-,21-,24-,26+,37?/m1/s1. The molecule has 1 unspecified atom stereocenters. The minimum atomic E-state index is -2.66. The minimum Gasteiger partial charge on any atom is -0.492 e. The first-order chi connectivity index (χ1) is 18.5. The van der Waals surface area contributed by atoms with E-state index in [4.69, 9.17) is 30.0 Å². The highest BCUT2D eigenvalue weighted by atomic mass is 32.9. The van der Waals surface area contributed by atoms with Crippen molar-refractivity contribution in [2.75, 3.05) is 6.61 Å². The Balaban J connectivity index is 1.38. The smallest absolute Gasteiger partial charge is 0.248 e. The Morgan fingerprint density at radius 2 is 2.08 bits per heavy atom. The summed E-state index contributed by atoms with van der Waals surface area (Å²) >= 11 is 7.67. The monoisotopic (exact) mass is 628 g/mol. The van der Waals surface area contributed by atoms with E-state index in [9.17, 15) is 10.2 Å². The van der Waals surface area contributed by atoms with Gasteiger partial charge in [-0.15, -0.1) is 0 Å². The molecule has 4 heterocycles. The van der Waals surface area contributed by atoms with Crippen LogP contribution in [-0.4, -0.2) is 73.8 Å². The van der Waals surface area contributed by atoms with Crippen LogP contribution in [0.15, 0.2) is 24.8 Å². The van der Waals surface area contributed by atoms with Crippen LogP contribution in [0.3, 0.4) is 0 Å². The summed E-state index contributed by atoms with van der Waals surface area (Å²) in [6.45, 7) is 19.3. The zero-order chi connectivity index (χ0) is 29.3. The van der Waals surface area contributed by atoms with E-state index in [1.54, 1.807) is 15.9 Å². The van der Waals surface area contributed by atoms with E-state index in [2.05, 4.69) is 69.2 Å². The second kappa shape index (κ2) is 10.7. The maximum Gasteiger partial charge on any atom is 0.248 e. The van der Waals surface area contributed by atoms with Crippen LogP contribution in [0.1, 0.15) is 60.1 Å². The summed E-state index contributed by atoms with van der Waals surface area (Å²) in [5.74, 6) is 0.201. The Bertz CT molecular complexity index is 1340. The molecule has 1 aliphatic carbocycles. The molecule has 222 valence electrons. The molecule has 0 amide bonds. The first-order valence-electron chi connectivity index (χ1n) is 13.7. The van der Waals surface area contributed by atoms with Gasteiger partial charge in [0.15, 0.2) is 25.7 Å². The highest BCUT2D eigenvalue weighted by molar-refractivity contribution is 8.68. The molecule has 0 bridgehead atoms. The Morgan fingerprint density at radius 3 is 2.75 bits per heavy atom. The van der Waals surface area contributed by atoms with Crippen molar-refractivity contribution in [3.8, 4) is 5.88 Å². The Hall–Kier alpha value is -0.893. The van der Waals surface area contributed by atoms with Gasteiger partial charge in [-0.25, -0.2) is 9.97 Å². The topological polar surface area (TPSA) is 121 Å². The Labute approximate surface area is 246 Å². The number of aromatic nitrogens is 4. The third-order valence-corrected chi connectivity index (χ3v) is 19.3. The molecule has 2 aromatic heterocycles. The zero-order valence-corrected chi connectivity index (χ0v) is 27.8. The molecule has 2 aliphatic heterocycles. The van der Waals surface area contributed by atoms with Crippen LogP contribution in [0.25, 0.3) is 11.2 Å². The molecule has 5 rings (SSSR count). The number of allylic oxidation sites excluding steroid dienone is 1. The van der Waals surface area contributed by atoms with Gasteiger partial charge in [-0.05, 0) is 69.0 Å². The van der Waals surface area contributed by atoms with Gasteiger partial charge in [-0.1, -0.05) is 44.3 Å². The number of aliphatic hydroxyl groups excluding tert-OH is 1. The van der Waals surface area contributed by atoms with Gasteiger partial charge < -0.3 is 28.4 Å². The first kappa shape index (κ1) is 30.6. The largest absolute Gasteiger partial charge is 0.492 e. The predicted octanol–water partition coefficient (Wildman–Crippen LogP) is 5.69. The number of rotatable bonds is 7. The maximum atomic E-state index is 11.6. The molecule has 0 aromatic carbocycles. The third-order valence-electron chi connectivity index (χ3n) is 9.00. The molecular weight excluding hydrogens is 588 g/mol. The van der Waals surface area contributed by atoms with Gasteiger partial charge in [0, 0.05) is 4.75 Å². The van der Waals surface area contributed by atoms with E-state index in [0.29, 0.717) is 11.6 Å². The molecule has 10 nitrogen and oxygen atoms in total. The van der Waals surface area contributed by atoms with Gasteiger partial charge in [0.1, 0.15) is 24.6 Å². The number of imidazole rings is 1. The average Bonchev–Trinajstić information content (AvgIpc) is 3.48. The summed E-state index contributed by atoms with van der Waals surface area (Å²) in [5, 5.41) is 21.6. The summed E-state index contributed by atoms with van der Waals surface area (Å²) in [4.78, 5) is 12.3. The highest BCUT2D eigenvalue weighted by Gasteiger charge is 2.55. The van der Waals surface area contributed by atoms with Gasteiger partial charge >= 0.3 is 0 Å². The predicted molar refractivity (Wildman–Crippen MR) is 162 cm³/mol. The van der Waals surface area contributed by atoms with Crippen LogP contribution in [0, 0.1) is 5.92 Å². The molecule has 0 radical (unpaired) electrons. The number of aliphatic hydroxyl groups is 1. The van der Waals surface area contributed by atoms with Crippen molar-refractivity contribution in [2.45, 2.75) is 107 Å². The quantitative estimate of drug-likeness (QED) is 0.224. The van der Waals surface area contributed by atoms with Crippen molar-refractivity contribution in [3.63, 3.8) is 0 Å². The maximum absolute atomic E-state index is 11.6. The van der Waals surface area contributed by atoms with Crippen molar-refractivity contribution in [2.24, 2.45) is 5.92 Å². The molecule has 2 aromatic rings. The van der Waals surface area contributed by atoms with Gasteiger partial charge in [-0.2, -0.15) is 4.98 Å². The lowest BCUT2D eigenvalue weighted by molar-refractivity contribution is -0.0475. The van der Waals surface area contributed by atoms with Crippen molar-refractivity contribution in [1.82, 2.24) is 19.5 Å². The summed E-state index contributed by atoms with van der Waals surface area (Å²) < 4.78 is 27.6. The molecule has 1 saturated carbocycles. The molecule has 2 saturated heterocycles. The molecule has 0 spiro atoms. The van der Waals surface area contributed by atoms with Crippen molar-refractivity contribution in [1.29, 1.82) is 0 Å². The van der Waals surface area contributed by atoms with Gasteiger partial charge in [0.25, 0.3) is 0 Å². The van der Waals surface area contributed by atoms with E-state index in [1.165, 1.54) is 18.2 Å². The summed E-state index contributed by atoms with van der Waals surface area (Å²) in [5.41, 5.74) is -0.888. The molecule has 2 N–H and O–H groups in total. The summed E-state index contributed by atoms with van der Waals surface area (Å²) in [7, 11) is -2.31. The number of ether oxygens (including phenoxy) is 1. The van der Waals surface area contributed by atoms with E-state index in [-0.39, 0.29) is 33.9 Å². The van der Waals surface area contributed by atoms with Crippen LogP contribution in [0.2, 0.25) is 18.1 Å². The molecule has 3 fully saturated rings. The first-order valence-corrected chi connectivity index (χ1v) is 20.7. The van der Waals surface area contributed by atoms with E-state index >= 15 is 0 Å². The number of aromatic hydroxyl groups is 1. The van der Waals surface area contributed by atoms with E-state index < -0.39 is 38.6 Å². The number of nitrogens with zero attached hydrogens (tertiary/aromatic N) is 4. The summed E-state index contributed by atoms with van der Waals surface area (Å²) in [6, 6.07) is 0. The lowest BCUT2D eigenvalue weighted by Crippen LogP contribution is -2.49. The molecule has 8 atom stereocenters. The molecule has 14 heteroatoms. The zero-order valence-electron chi connectivity index (χ0n) is 24.2. The van der Waals surface area contributed by atoms with Gasteiger partial charge in [0.05, 0.1) is 19.0 Å². The summed E-state index contributed by atoms with van der Waals surface area (Å²) in [6.07, 6.45) is 2.58. The number of fused-ring (bicyclic) bond motifs is 2. The van der Waals surface area contributed by atoms with Crippen LogP contribution in [0.5, 0.6) is 5.88 Å². The minimum absolute atomic E-state index is 0.0190. The van der Waals surface area contributed by atoms with Crippen LogP contribution < -0.4 is 0 Å². The second-order valence-corrected chi connectivity index (χ2v) is 24.3. The number of hydrogen-bond acceptors (Lipinski definition) is 11. The Kier molecular flexibility index (Phi) is 8.16. The fraction of sp³-hybridized carbons (Fsp3) is 0.731. The van der Waals surface area contributed by atoms with Crippen LogP contribution in [0.4, 0.5) is 0 Å². The highest BCUT2D eigenvalue weighted by Crippen LogP contribution is 2.75. The van der Waals surface area contributed by atoms with Gasteiger partial charge in [-0.3, -0.25) is 4.57 Å². The van der Waals surface area contributed by atoms with E-state index in [1.807, 2.05) is 0 Å². The lowest BCUT2D eigenvalue weighted by Gasteiger charge is -2.40. The van der Waals surface area contributed by atoms with Crippen molar-refractivity contribution >= 4 is 48.4 Å². The SMILES string of the molecule is C=C(C)[C@@H]1CC[C@]2(C)SP(=S)(OC[C@H]3O[C@@H](n4cnc5c(O)ncnc54)[C@H](O)[C@@H]3O[Si](C)(C)C(C)(C)C)O[C@H]2C1. The molecule has 40 heavy (non-hydrogen) atoms. The third kappa shape index (κ3) is 5.58. The normalized spacial score (nSPS) is 36.7. The fourth-order valence-corrected chi connectivity index (χ4v) is 13.8. The lowest BCUT2D eigenvalue weighted by atomic mass is 9.77. The average molecular weight is 629 g/mol. The van der Waals surface area contributed by atoms with Gasteiger partial charge in [0.2, 0.25) is 11.6 Å². The molecular formula is C26H41N4O6PS2Si. The van der Waals surface area contributed by atoms with Crippen molar-refractivity contribution < 1.29 is 28.4 Å².